The molecule has 108 valence electrons. The molecule has 0 fully saturated rings. The van der Waals surface area contributed by atoms with Crippen molar-refractivity contribution in [1.29, 1.82) is 0 Å². The Bertz CT molecular complexity index is 398. The summed E-state index contributed by atoms with van der Waals surface area (Å²) in [5.74, 6) is -0.183. The average molecular weight is 268 g/mol. The van der Waals surface area contributed by atoms with E-state index in [1.807, 2.05) is 24.9 Å². The number of hydrogen-bond acceptors (Lipinski definition) is 3. The van der Waals surface area contributed by atoms with Crippen molar-refractivity contribution < 1.29 is 9.13 Å². The van der Waals surface area contributed by atoms with Gasteiger partial charge < -0.3 is 15.4 Å². The molecule has 1 rings (SSSR count). The number of hydrogen-bond donors (Lipinski definition) is 1. The second-order valence-electron chi connectivity index (χ2n) is 5.03. The van der Waals surface area contributed by atoms with Gasteiger partial charge in [0.25, 0.3) is 0 Å². The van der Waals surface area contributed by atoms with E-state index in [0.29, 0.717) is 18.6 Å². The van der Waals surface area contributed by atoms with Gasteiger partial charge in [-0.1, -0.05) is 13.0 Å². The van der Waals surface area contributed by atoms with Gasteiger partial charge >= 0.3 is 0 Å². The topological polar surface area (TPSA) is 38.5 Å². The summed E-state index contributed by atoms with van der Waals surface area (Å²) < 4.78 is 19.2. The number of anilines is 1. The van der Waals surface area contributed by atoms with Gasteiger partial charge in [-0.05, 0) is 31.9 Å². The predicted octanol–water partition coefficient (Wildman–Crippen LogP) is 2.58. The summed E-state index contributed by atoms with van der Waals surface area (Å²) >= 11 is 0. The molecule has 2 unspecified atom stereocenters. The van der Waals surface area contributed by atoms with Crippen LogP contribution in [0.15, 0.2) is 18.2 Å². The van der Waals surface area contributed by atoms with Crippen molar-refractivity contribution in [1.82, 2.24) is 0 Å². The summed E-state index contributed by atoms with van der Waals surface area (Å²) in [6, 6.07) is 5.34. The molecule has 0 spiro atoms. The third kappa shape index (κ3) is 4.18. The van der Waals surface area contributed by atoms with Gasteiger partial charge in [0.2, 0.25) is 0 Å². The quantitative estimate of drug-likeness (QED) is 0.826. The van der Waals surface area contributed by atoms with E-state index in [4.69, 9.17) is 10.5 Å². The number of methoxy groups -OCH3 is 1. The maximum absolute atomic E-state index is 14.0. The molecule has 0 aromatic heterocycles. The van der Waals surface area contributed by atoms with Crippen molar-refractivity contribution in [2.45, 2.75) is 38.8 Å². The van der Waals surface area contributed by atoms with Crippen molar-refractivity contribution in [2.75, 3.05) is 25.7 Å². The van der Waals surface area contributed by atoms with E-state index in [9.17, 15) is 4.39 Å². The number of likely N-dealkylation sites (N-methyl/N-ethyl adjacent to an activating group) is 1. The standard InChI is InChI=1S/C15H25FN2O/c1-5-12(17)9-13-14(16)7-6-8-15(13)18(3)11(2)10-19-4/h6-8,11-12H,5,9-10,17H2,1-4H3. The van der Waals surface area contributed by atoms with Crippen LogP contribution in [0.3, 0.4) is 0 Å². The molecule has 4 heteroatoms. The number of nitrogens with two attached hydrogens (primary N) is 1. The molecule has 0 heterocycles. The third-order valence-electron chi connectivity index (χ3n) is 3.53. The van der Waals surface area contributed by atoms with Gasteiger partial charge in [-0.15, -0.1) is 0 Å². The monoisotopic (exact) mass is 268 g/mol. The molecule has 1 aromatic rings. The minimum absolute atomic E-state index is 0.0122. The van der Waals surface area contributed by atoms with Gasteiger partial charge in [0, 0.05) is 37.5 Å². The fraction of sp³-hybridized carbons (Fsp3) is 0.600. The van der Waals surface area contributed by atoms with E-state index < -0.39 is 0 Å². The van der Waals surface area contributed by atoms with Crippen LogP contribution in [-0.2, 0) is 11.2 Å². The minimum atomic E-state index is -0.183. The van der Waals surface area contributed by atoms with Gasteiger partial charge in [-0.2, -0.15) is 0 Å². The number of ether oxygens (including phenoxy) is 1. The smallest absolute Gasteiger partial charge is 0.128 e. The predicted molar refractivity (Wildman–Crippen MR) is 78.1 cm³/mol. The van der Waals surface area contributed by atoms with Crippen molar-refractivity contribution >= 4 is 5.69 Å². The van der Waals surface area contributed by atoms with Crippen LogP contribution in [0, 0.1) is 5.82 Å². The van der Waals surface area contributed by atoms with Gasteiger partial charge in [0.15, 0.2) is 0 Å². The Morgan fingerprint density at radius 1 is 1.42 bits per heavy atom. The van der Waals surface area contributed by atoms with Crippen molar-refractivity contribution in [3.05, 3.63) is 29.6 Å². The van der Waals surface area contributed by atoms with Crippen molar-refractivity contribution in [2.24, 2.45) is 5.73 Å². The fourth-order valence-corrected chi connectivity index (χ4v) is 2.08. The van der Waals surface area contributed by atoms with Crippen LogP contribution >= 0.6 is 0 Å². The molecule has 0 radical (unpaired) electrons. The maximum Gasteiger partial charge on any atom is 0.128 e. The number of benzene rings is 1. The summed E-state index contributed by atoms with van der Waals surface area (Å²) in [4.78, 5) is 2.05. The first-order valence-corrected chi connectivity index (χ1v) is 6.76. The van der Waals surface area contributed by atoms with Crippen LogP contribution in [-0.4, -0.2) is 32.8 Å². The Morgan fingerprint density at radius 3 is 2.68 bits per heavy atom. The highest BCUT2D eigenvalue weighted by Gasteiger charge is 2.17. The molecular formula is C15H25FN2O. The summed E-state index contributed by atoms with van der Waals surface area (Å²) in [5, 5.41) is 0. The molecular weight excluding hydrogens is 243 g/mol. The fourth-order valence-electron chi connectivity index (χ4n) is 2.08. The highest BCUT2D eigenvalue weighted by Crippen LogP contribution is 2.25. The van der Waals surface area contributed by atoms with Gasteiger partial charge in [0.1, 0.15) is 5.82 Å². The first-order chi connectivity index (χ1) is 9.01. The van der Waals surface area contributed by atoms with E-state index in [0.717, 1.165) is 12.1 Å². The third-order valence-corrected chi connectivity index (χ3v) is 3.53. The Kier molecular flexibility index (Phi) is 6.25. The van der Waals surface area contributed by atoms with Crippen molar-refractivity contribution in [3.8, 4) is 0 Å². The molecule has 2 N–H and O–H groups in total. The van der Waals surface area contributed by atoms with Crippen LogP contribution in [0.4, 0.5) is 10.1 Å². The number of halogens is 1. The molecule has 0 aliphatic carbocycles. The van der Waals surface area contributed by atoms with Gasteiger partial charge in [-0.25, -0.2) is 4.39 Å². The van der Waals surface area contributed by atoms with E-state index in [2.05, 4.69) is 6.92 Å². The van der Waals surface area contributed by atoms with Crippen LogP contribution in [0.1, 0.15) is 25.8 Å². The lowest BCUT2D eigenvalue weighted by Crippen LogP contribution is -2.34. The van der Waals surface area contributed by atoms with Crippen LogP contribution in [0.25, 0.3) is 0 Å². The molecule has 3 nitrogen and oxygen atoms in total. The van der Waals surface area contributed by atoms with Gasteiger partial charge in [-0.3, -0.25) is 0 Å². The largest absolute Gasteiger partial charge is 0.383 e. The van der Waals surface area contributed by atoms with Crippen LogP contribution in [0.2, 0.25) is 0 Å². The summed E-state index contributed by atoms with van der Waals surface area (Å²) in [7, 11) is 3.63. The lowest BCUT2D eigenvalue weighted by atomic mass is 10.0. The maximum atomic E-state index is 14.0. The van der Waals surface area contributed by atoms with E-state index >= 15 is 0 Å². The first-order valence-electron chi connectivity index (χ1n) is 6.76. The van der Waals surface area contributed by atoms with Crippen LogP contribution < -0.4 is 10.6 Å². The highest BCUT2D eigenvalue weighted by atomic mass is 19.1. The Labute approximate surface area is 115 Å². The zero-order valence-electron chi connectivity index (χ0n) is 12.3. The van der Waals surface area contributed by atoms with Gasteiger partial charge in [0.05, 0.1) is 6.61 Å². The molecule has 0 aliphatic rings. The molecule has 0 saturated heterocycles. The second-order valence-corrected chi connectivity index (χ2v) is 5.03. The minimum Gasteiger partial charge on any atom is -0.383 e. The molecule has 2 atom stereocenters. The van der Waals surface area contributed by atoms with E-state index in [1.54, 1.807) is 13.2 Å². The molecule has 0 amide bonds. The zero-order valence-corrected chi connectivity index (χ0v) is 12.3. The molecule has 0 bridgehead atoms. The second kappa shape index (κ2) is 7.46. The molecule has 1 aromatic carbocycles. The van der Waals surface area contributed by atoms with E-state index in [-0.39, 0.29) is 17.9 Å². The van der Waals surface area contributed by atoms with Crippen LogP contribution in [0.5, 0.6) is 0 Å². The number of rotatable bonds is 7. The summed E-state index contributed by atoms with van der Waals surface area (Å²) in [6.07, 6.45) is 1.40. The van der Waals surface area contributed by atoms with E-state index in [1.165, 1.54) is 6.07 Å². The SMILES string of the molecule is CCC(N)Cc1c(F)cccc1N(C)C(C)COC. The molecule has 0 saturated carbocycles. The Balaban J connectivity index is 3.02. The highest BCUT2D eigenvalue weighted by molar-refractivity contribution is 5.54. The lowest BCUT2D eigenvalue weighted by molar-refractivity contribution is 0.183. The lowest BCUT2D eigenvalue weighted by Gasteiger charge is -2.29. The Morgan fingerprint density at radius 2 is 2.11 bits per heavy atom. The molecule has 0 aliphatic heterocycles. The van der Waals surface area contributed by atoms with Crippen molar-refractivity contribution in [3.63, 3.8) is 0 Å². The normalized spacial score (nSPS) is 14.2. The first kappa shape index (κ1) is 15.9. The average Bonchev–Trinajstić information content (AvgIpc) is 2.40. The summed E-state index contributed by atoms with van der Waals surface area (Å²) in [6.45, 7) is 4.67. The number of nitrogens with zero attached hydrogens (tertiary/aromatic N) is 1. The summed E-state index contributed by atoms with van der Waals surface area (Å²) in [5.41, 5.74) is 7.56. The zero-order chi connectivity index (χ0) is 14.4. The Hall–Kier alpha value is -1.13. The molecule has 19 heavy (non-hydrogen) atoms.